The van der Waals surface area contributed by atoms with Crippen molar-refractivity contribution in [2.24, 2.45) is 0 Å². The van der Waals surface area contributed by atoms with Crippen molar-refractivity contribution in [3.63, 3.8) is 0 Å². The first-order chi connectivity index (χ1) is 10.2. The number of halogens is 2. The summed E-state index contributed by atoms with van der Waals surface area (Å²) in [5, 5.41) is 7.93. The van der Waals surface area contributed by atoms with Crippen LogP contribution in [0.25, 0.3) is 0 Å². The summed E-state index contributed by atoms with van der Waals surface area (Å²) in [6, 6.07) is 8.98. The van der Waals surface area contributed by atoms with Gasteiger partial charge in [-0.3, -0.25) is 0 Å². The minimum atomic E-state index is -2.79. The van der Waals surface area contributed by atoms with Gasteiger partial charge in [-0.05, 0) is 30.5 Å². The second-order valence-electron chi connectivity index (χ2n) is 5.00. The molecular weight excluding hydrogens is 276 g/mol. The highest BCUT2D eigenvalue weighted by molar-refractivity contribution is 5.42. The van der Waals surface area contributed by atoms with Gasteiger partial charge in [0.15, 0.2) is 0 Å². The van der Waals surface area contributed by atoms with Crippen molar-refractivity contribution >= 4 is 5.82 Å². The summed E-state index contributed by atoms with van der Waals surface area (Å²) in [4.78, 5) is 0. The monoisotopic (exact) mass is 293 g/mol. The first kappa shape index (κ1) is 13.9. The SMILES string of the molecule is CCc1cc2n(n1)C(c1ccc(OC(F)F)cc1)CCN2. The van der Waals surface area contributed by atoms with Crippen molar-refractivity contribution < 1.29 is 13.5 Å². The molecule has 1 atom stereocenters. The molecular formula is C15H17F2N3O. The molecule has 1 unspecified atom stereocenters. The van der Waals surface area contributed by atoms with Gasteiger partial charge >= 0.3 is 6.61 Å². The first-order valence-electron chi connectivity index (χ1n) is 7.04. The van der Waals surface area contributed by atoms with Gasteiger partial charge in [0.25, 0.3) is 0 Å². The van der Waals surface area contributed by atoms with Crippen LogP contribution in [-0.2, 0) is 6.42 Å². The lowest BCUT2D eigenvalue weighted by atomic mass is 10.0. The minimum absolute atomic E-state index is 0.127. The predicted octanol–water partition coefficient (Wildman–Crippen LogP) is 3.45. The summed E-state index contributed by atoms with van der Waals surface area (Å²) in [7, 11) is 0. The Morgan fingerprint density at radius 2 is 2.14 bits per heavy atom. The molecule has 0 bridgehead atoms. The van der Waals surface area contributed by atoms with Gasteiger partial charge in [0.1, 0.15) is 11.6 Å². The molecule has 21 heavy (non-hydrogen) atoms. The van der Waals surface area contributed by atoms with E-state index in [-0.39, 0.29) is 11.8 Å². The van der Waals surface area contributed by atoms with Gasteiger partial charge in [0.2, 0.25) is 0 Å². The first-order valence-corrected chi connectivity index (χ1v) is 7.04. The van der Waals surface area contributed by atoms with Crippen LogP contribution in [0.5, 0.6) is 5.75 Å². The van der Waals surface area contributed by atoms with Crippen LogP contribution in [0.3, 0.4) is 0 Å². The molecule has 3 rings (SSSR count). The van der Waals surface area contributed by atoms with Gasteiger partial charge in [-0.1, -0.05) is 19.1 Å². The third kappa shape index (κ3) is 2.84. The molecule has 6 heteroatoms. The summed E-state index contributed by atoms with van der Waals surface area (Å²) in [5.41, 5.74) is 2.09. The van der Waals surface area contributed by atoms with E-state index in [1.165, 1.54) is 0 Å². The highest BCUT2D eigenvalue weighted by Gasteiger charge is 2.22. The van der Waals surface area contributed by atoms with Crippen LogP contribution >= 0.6 is 0 Å². The number of hydrogen-bond acceptors (Lipinski definition) is 3. The number of fused-ring (bicyclic) bond motifs is 1. The van der Waals surface area contributed by atoms with Crippen molar-refractivity contribution in [3.05, 3.63) is 41.6 Å². The Bertz CT molecular complexity index is 610. The maximum Gasteiger partial charge on any atom is 0.387 e. The zero-order chi connectivity index (χ0) is 14.8. The number of rotatable bonds is 4. The van der Waals surface area contributed by atoms with Gasteiger partial charge in [-0.25, -0.2) is 4.68 Å². The molecule has 1 N–H and O–H groups in total. The zero-order valence-electron chi connectivity index (χ0n) is 11.7. The molecule has 0 amide bonds. The average molecular weight is 293 g/mol. The number of alkyl halides is 2. The van der Waals surface area contributed by atoms with Gasteiger partial charge in [0, 0.05) is 12.6 Å². The Morgan fingerprint density at radius 1 is 1.38 bits per heavy atom. The van der Waals surface area contributed by atoms with Crippen LogP contribution in [0.4, 0.5) is 14.6 Å². The number of nitrogens with one attached hydrogen (secondary N) is 1. The summed E-state index contributed by atoms with van der Waals surface area (Å²) in [6.07, 6.45) is 1.79. The smallest absolute Gasteiger partial charge is 0.387 e. The summed E-state index contributed by atoms with van der Waals surface area (Å²) in [5.74, 6) is 1.19. The summed E-state index contributed by atoms with van der Waals surface area (Å²) in [6.45, 7) is 0.147. The number of nitrogens with zero attached hydrogens (tertiary/aromatic N) is 2. The highest BCUT2D eigenvalue weighted by atomic mass is 19.3. The fourth-order valence-electron chi connectivity index (χ4n) is 2.63. The fraction of sp³-hybridized carbons (Fsp3) is 0.400. The van der Waals surface area contributed by atoms with E-state index in [9.17, 15) is 8.78 Å². The van der Waals surface area contributed by atoms with Crippen LogP contribution in [0.15, 0.2) is 30.3 Å². The minimum Gasteiger partial charge on any atom is -0.435 e. The van der Waals surface area contributed by atoms with Crippen molar-refractivity contribution in [1.29, 1.82) is 0 Å². The third-order valence-electron chi connectivity index (χ3n) is 3.66. The maximum atomic E-state index is 12.2. The average Bonchev–Trinajstić information content (AvgIpc) is 2.90. The molecule has 1 aliphatic heterocycles. The van der Waals surface area contributed by atoms with E-state index in [1.807, 2.05) is 16.8 Å². The van der Waals surface area contributed by atoms with Crippen molar-refractivity contribution in [2.75, 3.05) is 11.9 Å². The quantitative estimate of drug-likeness (QED) is 0.938. The lowest BCUT2D eigenvalue weighted by molar-refractivity contribution is -0.0498. The maximum absolute atomic E-state index is 12.2. The van der Waals surface area contributed by atoms with E-state index in [2.05, 4.69) is 28.1 Å². The number of hydrogen-bond donors (Lipinski definition) is 1. The molecule has 0 saturated carbocycles. The van der Waals surface area contributed by atoms with E-state index < -0.39 is 6.61 Å². The third-order valence-corrected chi connectivity index (χ3v) is 3.66. The number of aryl methyl sites for hydroxylation is 1. The Kier molecular flexibility index (Phi) is 3.77. The van der Waals surface area contributed by atoms with Gasteiger partial charge < -0.3 is 10.1 Å². The van der Waals surface area contributed by atoms with Crippen LogP contribution in [0, 0.1) is 0 Å². The van der Waals surface area contributed by atoms with Gasteiger partial charge in [0.05, 0.1) is 11.7 Å². The molecule has 2 heterocycles. The second-order valence-corrected chi connectivity index (χ2v) is 5.00. The second kappa shape index (κ2) is 5.71. The zero-order valence-corrected chi connectivity index (χ0v) is 11.7. The molecule has 1 aromatic heterocycles. The topological polar surface area (TPSA) is 39.1 Å². The van der Waals surface area contributed by atoms with E-state index in [0.717, 1.165) is 36.5 Å². The molecule has 0 aliphatic carbocycles. The molecule has 2 aromatic rings. The van der Waals surface area contributed by atoms with Crippen LogP contribution in [-0.4, -0.2) is 22.9 Å². The molecule has 0 saturated heterocycles. The van der Waals surface area contributed by atoms with Crippen LogP contribution in [0.1, 0.15) is 30.6 Å². The summed E-state index contributed by atoms with van der Waals surface area (Å²) >= 11 is 0. The van der Waals surface area contributed by atoms with Crippen LogP contribution < -0.4 is 10.1 Å². The van der Waals surface area contributed by atoms with E-state index >= 15 is 0 Å². The highest BCUT2D eigenvalue weighted by Crippen LogP contribution is 2.31. The predicted molar refractivity (Wildman–Crippen MR) is 75.9 cm³/mol. The number of benzene rings is 1. The molecule has 0 spiro atoms. The van der Waals surface area contributed by atoms with E-state index in [1.54, 1.807) is 12.1 Å². The normalized spacial score (nSPS) is 17.4. The van der Waals surface area contributed by atoms with Crippen LogP contribution in [0.2, 0.25) is 0 Å². The Labute approximate surface area is 121 Å². The fourth-order valence-corrected chi connectivity index (χ4v) is 2.63. The molecule has 0 radical (unpaired) electrons. The Hall–Kier alpha value is -2.11. The number of aromatic nitrogens is 2. The Balaban J connectivity index is 1.86. The van der Waals surface area contributed by atoms with E-state index in [0.29, 0.717) is 0 Å². The van der Waals surface area contributed by atoms with Gasteiger partial charge in [-0.2, -0.15) is 13.9 Å². The lowest BCUT2D eigenvalue weighted by Gasteiger charge is -2.26. The largest absolute Gasteiger partial charge is 0.435 e. The summed E-state index contributed by atoms with van der Waals surface area (Å²) < 4.78 is 30.7. The standard InChI is InChI=1S/C15H17F2N3O/c1-2-11-9-14-18-8-7-13(20(14)19-11)10-3-5-12(6-4-10)21-15(16)17/h3-6,9,13,15,18H,2,7-8H2,1H3. The lowest BCUT2D eigenvalue weighted by Crippen LogP contribution is -2.24. The molecule has 4 nitrogen and oxygen atoms in total. The Morgan fingerprint density at radius 3 is 2.81 bits per heavy atom. The van der Waals surface area contributed by atoms with Crippen molar-refractivity contribution in [2.45, 2.75) is 32.4 Å². The van der Waals surface area contributed by atoms with Gasteiger partial charge in [-0.15, -0.1) is 0 Å². The molecule has 1 aromatic carbocycles. The molecule has 1 aliphatic rings. The number of ether oxygens (including phenoxy) is 1. The van der Waals surface area contributed by atoms with Crippen molar-refractivity contribution in [1.82, 2.24) is 9.78 Å². The molecule has 112 valence electrons. The number of anilines is 1. The van der Waals surface area contributed by atoms with E-state index in [4.69, 9.17) is 0 Å². The van der Waals surface area contributed by atoms with Crippen molar-refractivity contribution in [3.8, 4) is 5.75 Å². The molecule has 0 fully saturated rings.